The van der Waals surface area contributed by atoms with E-state index in [9.17, 15) is 0 Å². The fraction of sp³-hybridized carbons (Fsp3) is 0.200. The first-order valence-corrected chi connectivity index (χ1v) is 21.0. The number of nitrogens with zero attached hydrogens (tertiary/aromatic N) is 2. The van der Waals surface area contributed by atoms with Gasteiger partial charge in [0.05, 0.1) is 0 Å². The van der Waals surface area contributed by atoms with Gasteiger partial charge in [-0.1, -0.05) is 132 Å². The third-order valence-electron chi connectivity index (χ3n) is 13.2. The Labute approximate surface area is 342 Å². The number of hydrogen-bond donors (Lipinski definition) is 0. The summed E-state index contributed by atoms with van der Waals surface area (Å²) in [6, 6.07) is 51.7. The molecule has 58 heavy (non-hydrogen) atoms. The van der Waals surface area contributed by atoms with Crippen LogP contribution in [0, 0.1) is 20.8 Å². The molecular weight excluding hydrogens is 699 g/mol. The zero-order valence-corrected chi connectivity index (χ0v) is 35.2. The van der Waals surface area contributed by atoms with Crippen LogP contribution in [0.4, 0.5) is 17.1 Å². The molecule has 0 saturated carbocycles. The van der Waals surface area contributed by atoms with Gasteiger partial charge in [-0.3, -0.25) is 0 Å². The Morgan fingerprint density at radius 2 is 1.14 bits per heavy atom. The van der Waals surface area contributed by atoms with Crippen molar-refractivity contribution in [1.29, 1.82) is 0 Å². The zero-order valence-electron chi connectivity index (χ0n) is 35.2. The van der Waals surface area contributed by atoms with E-state index in [1.165, 1.54) is 121 Å². The van der Waals surface area contributed by atoms with Crippen molar-refractivity contribution in [1.82, 2.24) is 4.48 Å². The number of anilines is 3. The summed E-state index contributed by atoms with van der Waals surface area (Å²) in [7, 11) is 0. The Morgan fingerprint density at radius 1 is 0.483 bits per heavy atom. The lowest BCUT2D eigenvalue weighted by atomic mass is 9.44. The molecule has 2 nitrogen and oxygen atoms in total. The van der Waals surface area contributed by atoms with Crippen molar-refractivity contribution in [2.24, 2.45) is 0 Å². The molecule has 0 bridgehead atoms. The van der Waals surface area contributed by atoms with Gasteiger partial charge in [0.1, 0.15) is 0 Å². The monoisotopic (exact) mass is 748 g/mol. The SMILES string of the molecule is Cc1cc(C)c(-c2cc3c4c(c2)N(c2cc(C(C)(C)C)cc(C(C)(C)C)c2)c2ccc5cc6ccccc6cc5c2B4n2c4ccccc4c4cccc-3c42)c(C)c1. The normalized spacial score (nSPS) is 13.5. The average Bonchev–Trinajstić information content (AvgIpc) is 3.52. The second-order valence-electron chi connectivity index (χ2n) is 19.2. The maximum atomic E-state index is 2.70. The number of hydrogen-bond acceptors (Lipinski definition) is 1. The average molecular weight is 749 g/mol. The summed E-state index contributed by atoms with van der Waals surface area (Å²) in [4.78, 5) is 2.64. The molecule has 0 atom stereocenters. The van der Waals surface area contributed by atoms with Crippen LogP contribution in [0.1, 0.15) is 69.4 Å². The molecule has 0 N–H and O–H groups in total. The summed E-state index contributed by atoms with van der Waals surface area (Å²) in [6.45, 7) is 20.8. The van der Waals surface area contributed by atoms with E-state index in [0.717, 1.165) is 0 Å². The third kappa shape index (κ3) is 4.98. The molecule has 3 heterocycles. The molecule has 8 aromatic carbocycles. The minimum atomic E-state index is -0.0411. The van der Waals surface area contributed by atoms with Gasteiger partial charge in [0.15, 0.2) is 0 Å². The van der Waals surface area contributed by atoms with E-state index < -0.39 is 0 Å². The summed E-state index contributed by atoms with van der Waals surface area (Å²) >= 11 is 0. The standard InChI is InChI=1S/C55H49BN2/c1-32-23-33(2)50(34(3)24-32)38-27-46-44-19-14-18-43-42-17-12-13-20-47(42)58(53(43)44)56-51-45-26-36-16-11-10-15-35(36)25-37(45)21-22-48(51)57(49(28-38)52(46)56)41-30-39(54(4,5)6)29-40(31-41)55(7,8)9/h10-31H,1-9H3. The highest BCUT2D eigenvalue weighted by molar-refractivity contribution is 6.91. The smallest absolute Gasteiger partial charge is 0.333 e. The Hall–Kier alpha value is -6.06. The molecule has 0 amide bonds. The minimum Gasteiger partial charge on any atom is -0.375 e. The second kappa shape index (κ2) is 12.0. The minimum absolute atomic E-state index is 0.0362. The highest BCUT2D eigenvalue weighted by Crippen LogP contribution is 2.49. The molecule has 3 heteroatoms. The summed E-state index contributed by atoms with van der Waals surface area (Å²) in [6.07, 6.45) is 0. The van der Waals surface area contributed by atoms with Crippen LogP contribution in [-0.4, -0.2) is 11.3 Å². The number of benzene rings is 8. The lowest BCUT2D eigenvalue weighted by Gasteiger charge is -2.42. The van der Waals surface area contributed by atoms with Crippen molar-refractivity contribution in [3.8, 4) is 22.3 Å². The van der Waals surface area contributed by atoms with E-state index in [4.69, 9.17) is 0 Å². The summed E-state index contributed by atoms with van der Waals surface area (Å²) in [5, 5.41) is 7.75. The molecule has 0 fully saturated rings. The maximum absolute atomic E-state index is 2.70. The van der Waals surface area contributed by atoms with Crippen molar-refractivity contribution < 1.29 is 0 Å². The molecule has 2 aliphatic heterocycles. The molecule has 0 aliphatic carbocycles. The zero-order chi connectivity index (χ0) is 40.0. The predicted molar refractivity (Wildman–Crippen MR) is 252 cm³/mol. The quantitative estimate of drug-likeness (QED) is 0.126. The molecule has 11 rings (SSSR count). The van der Waals surface area contributed by atoms with Crippen molar-refractivity contribution in [2.45, 2.75) is 73.1 Å². The predicted octanol–water partition coefficient (Wildman–Crippen LogP) is 13.7. The molecule has 282 valence electrons. The van der Waals surface area contributed by atoms with Crippen molar-refractivity contribution >= 4 is 78.2 Å². The largest absolute Gasteiger partial charge is 0.375 e. The van der Waals surface area contributed by atoms with Crippen molar-refractivity contribution in [2.75, 3.05) is 4.90 Å². The van der Waals surface area contributed by atoms with E-state index in [0.29, 0.717) is 0 Å². The van der Waals surface area contributed by atoms with Gasteiger partial charge >= 0.3 is 6.85 Å². The van der Waals surface area contributed by atoms with Crippen LogP contribution < -0.4 is 15.8 Å². The first-order valence-electron chi connectivity index (χ1n) is 21.0. The maximum Gasteiger partial charge on any atom is 0.333 e. The van der Waals surface area contributed by atoms with E-state index in [-0.39, 0.29) is 17.7 Å². The summed E-state index contributed by atoms with van der Waals surface area (Å²) in [5.74, 6) is 0. The number of fused-ring (bicyclic) bond motifs is 10. The number of rotatable bonds is 2. The Kier molecular flexibility index (Phi) is 7.26. The number of aryl methyl sites for hydroxylation is 3. The van der Waals surface area contributed by atoms with Crippen LogP contribution in [0.5, 0.6) is 0 Å². The van der Waals surface area contributed by atoms with E-state index >= 15 is 0 Å². The first-order chi connectivity index (χ1) is 27.8. The fourth-order valence-electron chi connectivity index (χ4n) is 10.6. The van der Waals surface area contributed by atoms with E-state index in [2.05, 4.69) is 205 Å². The fourth-order valence-corrected chi connectivity index (χ4v) is 10.6. The van der Waals surface area contributed by atoms with Gasteiger partial charge < -0.3 is 9.38 Å². The third-order valence-corrected chi connectivity index (χ3v) is 13.2. The molecule has 2 aliphatic rings. The topological polar surface area (TPSA) is 8.17 Å². The lowest BCUT2D eigenvalue weighted by molar-refractivity contribution is 0.569. The van der Waals surface area contributed by atoms with Gasteiger partial charge in [0.2, 0.25) is 0 Å². The lowest BCUT2D eigenvalue weighted by Crippen LogP contribution is -2.57. The molecule has 0 spiro atoms. The Balaban J connectivity index is 1.36. The summed E-state index contributed by atoms with van der Waals surface area (Å²) < 4.78 is 2.70. The van der Waals surface area contributed by atoms with Crippen LogP contribution in [0.25, 0.3) is 65.6 Å². The summed E-state index contributed by atoms with van der Waals surface area (Å²) in [5.41, 5.74) is 20.9. The van der Waals surface area contributed by atoms with Crippen LogP contribution in [0.15, 0.2) is 133 Å². The van der Waals surface area contributed by atoms with Gasteiger partial charge in [-0.2, -0.15) is 0 Å². The number of para-hydroxylation sites is 2. The second-order valence-corrected chi connectivity index (χ2v) is 19.2. The molecule has 0 unspecified atom stereocenters. The van der Waals surface area contributed by atoms with Gasteiger partial charge in [0.25, 0.3) is 0 Å². The highest BCUT2D eigenvalue weighted by Gasteiger charge is 2.44. The van der Waals surface area contributed by atoms with Crippen molar-refractivity contribution in [3.63, 3.8) is 0 Å². The van der Waals surface area contributed by atoms with Gasteiger partial charge in [-0.25, -0.2) is 0 Å². The highest BCUT2D eigenvalue weighted by atomic mass is 15.2. The molecule has 1 aromatic heterocycles. The van der Waals surface area contributed by atoms with E-state index in [1.807, 2.05) is 0 Å². The van der Waals surface area contributed by atoms with E-state index in [1.54, 1.807) is 0 Å². The number of aromatic nitrogens is 1. The molecule has 0 radical (unpaired) electrons. The van der Waals surface area contributed by atoms with Crippen LogP contribution in [0.3, 0.4) is 0 Å². The van der Waals surface area contributed by atoms with Gasteiger partial charge in [-0.05, 0) is 152 Å². The van der Waals surface area contributed by atoms with Crippen LogP contribution in [0.2, 0.25) is 0 Å². The van der Waals surface area contributed by atoms with Gasteiger partial charge in [0, 0.05) is 44.4 Å². The van der Waals surface area contributed by atoms with Gasteiger partial charge in [-0.15, -0.1) is 0 Å². The Bertz CT molecular complexity index is 3180. The van der Waals surface area contributed by atoms with Crippen LogP contribution in [-0.2, 0) is 10.8 Å². The first kappa shape index (κ1) is 35.1. The van der Waals surface area contributed by atoms with Crippen LogP contribution >= 0.6 is 0 Å². The Morgan fingerprint density at radius 3 is 1.84 bits per heavy atom. The molecule has 0 saturated heterocycles. The molecular formula is C55H49BN2. The molecule has 9 aromatic rings. The van der Waals surface area contributed by atoms with Crippen molar-refractivity contribution in [3.05, 3.63) is 161 Å².